The fourth-order valence-electron chi connectivity index (χ4n) is 7.80. The first-order valence-corrected chi connectivity index (χ1v) is 20.8. The van der Waals surface area contributed by atoms with Gasteiger partial charge in [-0.3, -0.25) is 19.7 Å². The second-order valence-corrected chi connectivity index (χ2v) is 15.6. The number of aromatic nitrogens is 1. The summed E-state index contributed by atoms with van der Waals surface area (Å²) >= 11 is 0. The lowest BCUT2D eigenvalue weighted by atomic mass is 10.0. The summed E-state index contributed by atoms with van der Waals surface area (Å²) in [6, 6.07) is 39.2. The number of piperidine rings is 1. The standard InChI is InChI=1S/C49H52N6O6/c1-33(50-26-22-36-18-20-44(56)47-42(36)19-21-45(57)53-47)30-34-10-8-14-38(31-34)51-48(59)37-13-9-15-39(32-37)54(2)46(58)25-29-55-27-23-40(24-28-55)61-49(60)52-43-17-7-6-16-41(43)35-11-4-3-5-12-35/h3-21,31-33,40,50,56H,22-30H2,1-2H3,(H,51,59)(H,52,60)(H,53,57). The number of pyridine rings is 1. The third kappa shape index (κ3) is 11.3. The lowest BCUT2D eigenvalue weighted by Crippen LogP contribution is -2.40. The number of likely N-dealkylation sites (tertiary alicyclic amines) is 1. The molecule has 1 unspecified atom stereocenters. The van der Waals surface area contributed by atoms with Crippen molar-refractivity contribution in [3.8, 4) is 16.9 Å². The largest absolute Gasteiger partial charge is 0.506 e. The van der Waals surface area contributed by atoms with E-state index >= 15 is 0 Å². The van der Waals surface area contributed by atoms with Gasteiger partial charge in [0, 0.05) is 73.1 Å². The van der Waals surface area contributed by atoms with Gasteiger partial charge in [-0.1, -0.05) is 72.8 Å². The molecule has 1 atom stereocenters. The molecule has 0 radical (unpaired) electrons. The maximum Gasteiger partial charge on any atom is 0.411 e. The van der Waals surface area contributed by atoms with Crippen LogP contribution in [0.5, 0.6) is 5.75 Å². The molecule has 1 aromatic heterocycles. The topological polar surface area (TPSA) is 156 Å². The summed E-state index contributed by atoms with van der Waals surface area (Å²) in [7, 11) is 1.72. The Morgan fingerprint density at radius 3 is 2.46 bits per heavy atom. The van der Waals surface area contributed by atoms with Crippen LogP contribution in [0.15, 0.2) is 132 Å². The third-order valence-corrected chi connectivity index (χ3v) is 11.1. The lowest BCUT2D eigenvalue weighted by Gasteiger charge is -2.31. The fraction of sp³-hybridized carbons (Fsp3) is 0.265. The Balaban J connectivity index is 0.836. The molecule has 1 aliphatic rings. The van der Waals surface area contributed by atoms with Crippen LogP contribution in [0.4, 0.5) is 21.9 Å². The molecule has 5 aromatic carbocycles. The van der Waals surface area contributed by atoms with Gasteiger partial charge in [0.05, 0.1) is 11.2 Å². The molecule has 1 aliphatic heterocycles. The van der Waals surface area contributed by atoms with Crippen LogP contribution in [0.25, 0.3) is 22.0 Å². The van der Waals surface area contributed by atoms with E-state index in [-0.39, 0.29) is 35.3 Å². The summed E-state index contributed by atoms with van der Waals surface area (Å²) in [4.78, 5) is 57.8. The molecule has 3 amide bonds. The van der Waals surface area contributed by atoms with E-state index in [0.717, 1.165) is 34.1 Å². The number of hydrogen-bond donors (Lipinski definition) is 5. The number of anilines is 3. The number of H-pyrrole nitrogens is 1. The summed E-state index contributed by atoms with van der Waals surface area (Å²) in [5, 5.41) is 20.5. The average molecular weight is 821 g/mol. The Morgan fingerprint density at radius 1 is 0.869 bits per heavy atom. The van der Waals surface area contributed by atoms with Gasteiger partial charge in [0.25, 0.3) is 5.91 Å². The molecule has 61 heavy (non-hydrogen) atoms. The number of ether oxygens (including phenoxy) is 1. The van der Waals surface area contributed by atoms with Gasteiger partial charge >= 0.3 is 6.09 Å². The highest BCUT2D eigenvalue weighted by atomic mass is 16.6. The molecule has 0 saturated carbocycles. The first-order valence-electron chi connectivity index (χ1n) is 20.8. The number of nitrogens with one attached hydrogen (secondary N) is 4. The molecule has 1 fully saturated rings. The maximum absolute atomic E-state index is 13.4. The van der Waals surface area contributed by atoms with Crippen molar-refractivity contribution >= 4 is 45.9 Å². The van der Waals surface area contributed by atoms with E-state index in [4.69, 9.17) is 4.74 Å². The minimum Gasteiger partial charge on any atom is -0.506 e. The van der Waals surface area contributed by atoms with Gasteiger partial charge in [0.1, 0.15) is 11.9 Å². The summed E-state index contributed by atoms with van der Waals surface area (Å²) in [5.74, 6) is -0.280. The van der Waals surface area contributed by atoms with E-state index in [1.807, 2.05) is 91.0 Å². The normalized spacial score (nSPS) is 13.7. The number of carbonyl (C=O) groups is 3. The van der Waals surface area contributed by atoms with Crippen LogP contribution in [0.1, 0.15) is 47.7 Å². The molecule has 1 saturated heterocycles. The zero-order chi connectivity index (χ0) is 42.7. The summed E-state index contributed by atoms with van der Waals surface area (Å²) in [6.07, 6.45) is 2.44. The van der Waals surface area contributed by atoms with Crippen molar-refractivity contribution in [1.29, 1.82) is 0 Å². The van der Waals surface area contributed by atoms with Crippen LogP contribution < -0.4 is 26.4 Å². The third-order valence-electron chi connectivity index (χ3n) is 11.1. The SMILES string of the molecule is CC(Cc1cccc(NC(=O)c2cccc(N(C)C(=O)CCN3CCC(OC(=O)Nc4ccccc4-c4ccccc4)CC3)c2)c1)NCCc1ccc(O)c2[nH]c(=O)ccc12. The number of nitrogens with zero attached hydrogens (tertiary/aromatic N) is 2. The Hall–Kier alpha value is -6.76. The zero-order valence-electron chi connectivity index (χ0n) is 34.5. The number of aromatic hydroxyl groups is 1. The Kier molecular flexibility index (Phi) is 13.9. The highest BCUT2D eigenvalue weighted by molar-refractivity contribution is 6.05. The molecular weight excluding hydrogens is 769 g/mol. The van der Waals surface area contributed by atoms with Crippen molar-refractivity contribution < 1.29 is 24.2 Å². The van der Waals surface area contributed by atoms with Crippen LogP contribution in [-0.2, 0) is 22.4 Å². The van der Waals surface area contributed by atoms with E-state index < -0.39 is 6.09 Å². The number of para-hydroxylation sites is 1. The molecule has 0 spiro atoms. The average Bonchev–Trinajstić information content (AvgIpc) is 3.27. The van der Waals surface area contributed by atoms with Gasteiger partial charge in [0.15, 0.2) is 0 Å². The zero-order valence-corrected chi connectivity index (χ0v) is 34.5. The van der Waals surface area contributed by atoms with Gasteiger partial charge < -0.3 is 35.3 Å². The molecular formula is C49H52N6O6. The van der Waals surface area contributed by atoms with Crippen LogP contribution in [0.2, 0.25) is 0 Å². The minimum atomic E-state index is -0.475. The van der Waals surface area contributed by atoms with Crippen molar-refractivity contribution in [3.05, 3.63) is 154 Å². The molecule has 0 aliphatic carbocycles. The first-order chi connectivity index (χ1) is 29.6. The van der Waals surface area contributed by atoms with Gasteiger partial charge in [-0.25, -0.2) is 4.79 Å². The van der Waals surface area contributed by atoms with Gasteiger partial charge in [-0.15, -0.1) is 0 Å². The van der Waals surface area contributed by atoms with E-state index in [2.05, 4.69) is 32.8 Å². The minimum absolute atomic E-state index is 0.0501. The highest BCUT2D eigenvalue weighted by Crippen LogP contribution is 2.29. The van der Waals surface area contributed by atoms with E-state index in [1.54, 1.807) is 42.3 Å². The number of aromatic amines is 1. The van der Waals surface area contributed by atoms with Gasteiger partial charge in [-0.2, -0.15) is 0 Å². The lowest BCUT2D eigenvalue weighted by molar-refractivity contribution is -0.118. The van der Waals surface area contributed by atoms with Crippen molar-refractivity contribution in [2.24, 2.45) is 0 Å². The molecule has 0 bridgehead atoms. The van der Waals surface area contributed by atoms with Crippen molar-refractivity contribution in [3.63, 3.8) is 0 Å². The number of benzene rings is 5. The number of amides is 3. The molecule has 5 N–H and O–H groups in total. The Morgan fingerprint density at radius 2 is 1.64 bits per heavy atom. The highest BCUT2D eigenvalue weighted by Gasteiger charge is 2.24. The molecule has 314 valence electrons. The quantitative estimate of drug-likeness (QED) is 0.0699. The van der Waals surface area contributed by atoms with Crippen LogP contribution in [-0.4, -0.2) is 78.3 Å². The second kappa shape index (κ2) is 20.0. The molecule has 12 nitrogen and oxygen atoms in total. The van der Waals surface area contributed by atoms with Crippen molar-refractivity contribution in [2.75, 3.05) is 48.8 Å². The molecule has 2 heterocycles. The monoisotopic (exact) mass is 820 g/mol. The van der Waals surface area contributed by atoms with E-state index in [9.17, 15) is 24.3 Å². The summed E-state index contributed by atoms with van der Waals surface area (Å²) in [5.41, 5.74) is 6.66. The number of hydrogen-bond acceptors (Lipinski definition) is 8. The Labute approximate surface area is 355 Å². The predicted octanol–water partition coefficient (Wildman–Crippen LogP) is 7.98. The number of rotatable bonds is 15. The van der Waals surface area contributed by atoms with Crippen LogP contribution >= 0.6 is 0 Å². The van der Waals surface area contributed by atoms with E-state index in [1.165, 1.54) is 6.07 Å². The summed E-state index contributed by atoms with van der Waals surface area (Å²) < 4.78 is 5.79. The fourth-order valence-corrected chi connectivity index (χ4v) is 7.80. The van der Waals surface area contributed by atoms with E-state index in [0.29, 0.717) is 80.0 Å². The molecule has 6 aromatic rings. The van der Waals surface area contributed by atoms with Crippen molar-refractivity contribution in [1.82, 2.24) is 15.2 Å². The maximum atomic E-state index is 13.4. The smallest absolute Gasteiger partial charge is 0.411 e. The molecule has 7 rings (SSSR count). The Bertz CT molecular complexity index is 2530. The number of fused-ring (bicyclic) bond motifs is 1. The number of phenols is 1. The van der Waals surface area contributed by atoms with Gasteiger partial charge in [-0.05, 0) is 104 Å². The number of phenolic OH excluding ortho intramolecular Hbond substituents is 1. The molecule has 12 heteroatoms. The predicted molar refractivity (Wildman–Crippen MR) is 241 cm³/mol. The van der Waals surface area contributed by atoms with Gasteiger partial charge in [0.2, 0.25) is 11.5 Å². The van der Waals surface area contributed by atoms with Crippen LogP contribution in [0.3, 0.4) is 0 Å². The second-order valence-electron chi connectivity index (χ2n) is 15.6. The number of carbonyl (C=O) groups excluding carboxylic acids is 3. The van der Waals surface area contributed by atoms with Crippen molar-refractivity contribution in [2.45, 2.75) is 51.2 Å². The first kappa shape index (κ1) is 42.4. The summed E-state index contributed by atoms with van der Waals surface area (Å²) in [6.45, 7) is 4.81. The van der Waals surface area contributed by atoms with Crippen LogP contribution in [0, 0.1) is 0 Å².